The quantitative estimate of drug-likeness (QED) is 0.177. The first-order valence-electron chi connectivity index (χ1n) is 17.0. The van der Waals surface area contributed by atoms with Gasteiger partial charge in [-0.15, -0.1) is 0 Å². The maximum atomic E-state index is 13.6. The summed E-state index contributed by atoms with van der Waals surface area (Å²) in [5, 5.41) is 6.98. The van der Waals surface area contributed by atoms with Gasteiger partial charge in [-0.05, 0) is 88.7 Å². The maximum absolute atomic E-state index is 13.6. The van der Waals surface area contributed by atoms with Gasteiger partial charge in [0.1, 0.15) is 0 Å². The van der Waals surface area contributed by atoms with E-state index in [2.05, 4.69) is 24.5 Å². The molecule has 0 aliphatic heterocycles. The number of methoxy groups -OCH3 is 2. The van der Waals surface area contributed by atoms with E-state index in [0.29, 0.717) is 34.8 Å². The van der Waals surface area contributed by atoms with Crippen LogP contribution in [0.5, 0.6) is 0 Å². The van der Waals surface area contributed by atoms with Crippen molar-refractivity contribution in [3.63, 3.8) is 0 Å². The molecular formula is C37H58N2O4. The molecule has 1 atom stereocenters. The molecule has 2 saturated carbocycles. The first-order valence-corrected chi connectivity index (χ1v) is 17.0. The highest BCUT2D eigenvalue weighted by Crippen LogP contribution is 2.35. The minimum Gasteiger partial charge on any atom is -0.384 e. The Kier molecular flexibility index (Phi) is 15.7. The molecule has 4 rings (SSSR count). The van der Waals surface area contributed by atoms with E-state index in [0.717, 1.165) is 50.5 Å². The molecule has 1 aromatic carbocycles. The number of hydrogen-bond donors (Lipinski definition) is 2. The molecule has 240 valence electrons. The van der Waals surface area contributed by atoms with E-state index < -0.39 is 5.92 Å². The Morgan fingerprint density at radius 2 is 1.42 bits per heavy atom. The normalized spacial score (nSPS) is 26.7. The summed E-state index contributed by atoms with van der Waals surface area (Å²) in [6.45, 7) is 8.75. The standard InChI is InChI=1S/C33H48N2O4.C4H10/c1-23-28(7-4-5-20-34-21-18-24-10-14-26(38-2)15-11-24)33(37)31-29(32(23)36)8-6-9-30(31)35-22-19-25-12-16-27(39-3)17-13-25;1-3-4-2/h4-9,23-27,34-35H,10-22H2,1-3H3;3-4H2,1-2H3/b5-4-,28-7+;. The number of nitrogens with one attached hydrogen (secondary N) is 2. The molecule has 0 amide bonds. The van der Waals surface area contributed by atoms with Gasteiger partial charge in [0.15, 0.2) is 11.6 Å². The zero-order valence-corrected chi connectivity index (χ0v) is 27.6. The lowest BCUT2D eigenvalue weighted by molar-refractivity contribution is 0.0556. The largest absolute Gasteiger partial charge is 0.384 e. The second-order valence-electron chi connectivity index (χ2n) is 12.7. The number of allylic oxidation sites excluding steroid dienone is 3. The van der Waals surface area contributed by atoms with Crippen molar-refractivity contribution in [2.24, 2.45) is 17.8 Å². The topological polar surface area (TPSA) is 76.7 Å². The molecule has 0 aromatic heterocycles. The molecule has 0 spiro atoms. The van der Waals surface area contributed by atoms with E-state index in [9.17, 15) is 9.59 Å². The lowest BCUT2D eigenvalue weighted by Crippen LogP contribution is -2.29. The van der Waals surface area contributed by atoms with Crippen molar-refractivity contribution in [3.8, 4) is 0 Å². The lowest BCUT2D eigenvalue weighted by atomic mass is 9.78. The van der Waals surface area contributed by atoms with Gasteiger partial charge < -0.3 is 20.1 Å². The number of carbonyl (C=O) groups is 2. The number of rotatable bonds is 13. The molecule has 2 fully saturated rings. The predicted molar refractivity (Wildman–Crippen MR) is 178 cm³/mol. The highest BCUT2D eigenvalue weighted by molar-refractivity contribution is 6.25. The van der Waals surface area contributed by atoms with Crippen LogP contribution in [-0.4, -0.2) is 57.6 Å². The molecule has 1 aromatic rings. The molecule has 1 unspecified atom stereocenters. The SMILES string of the molecule is CCCC.COC1CCC(CCNC/C=C\C=C2\C(=O)c3c(NCCC4CCC(OC)CC4)cccc3C(=O)C2C)CC1. The molecule has 6 heteroatoms. The number of benzene rings is 1. The molecule has 3 aliphatic rings. The third kappa shape index (κ3) is 10.7. The van der Waals surface area contributed by atoms with Gasteiger partial charge in [0, 0.05) is 50.1 Å². The van der Waals surface area contributed by atoms with Crippen LogP contribution in [0.2, 0.25) is 0 Å². The predicted octanol–water partition coefficient (Wildman–Crippen LogP) is 8.18. The number of hydrogen-bond acceptors (Lipinski definition) is 6. The van der Waals surface area contributed by atoms with E-state index in [-0.39, 0.29) is 11.6 Å². The second kappa shape index (κ2) is 19.2. The van der Waals surface area contributed by atoms with Gasteiger partial charge in [0.25, 0.3) is 0 Å². The van der Waals surface area contributed by atoms with Gasteiger partial charge in [-0.25, -0.2) is 0 Å². The third-order valence-corrected chi connectivity index (χ3v) is 9.70. The van der Waals surface area contributed by atoms with Gasteiger partial charge in [0.05, 0.1) is 17.8 Å². The Balaban J connectivity index is 0.00000119. The fourth-order valence-corrected chi connectivity index (χ4v) is 6.54. The van der Waals surface area contributed by atoms with Crippen LogP contribution < -0.4 is 10.6 Å². The Hall–Kier alpha value is -2.28. The molecular weight excluding hydrogens is 536 g/mol. The molecule has 0 saturated heterocycles. The average Bonchev–Trinajstić information content (AvgIpc) is 3.05. The van der Waals surface area contributed by atoms with Crippen molar-refractivity contribution in [3.05, 3.63) is 53.1 Å². The second-order valence-corrected chi connectivity index (χ2v) is 12.7. The number of ketones is 2. The van der Waals surface area contributed by atoms with Crippen LogP contribution in [0.25, 0.3) is 0 Å². The van der Waals surface area contributed by atoms with Crippen molar-refractivity contribution < 1.29 is 19.1 Å². The van der Waals surface area contributed by atoms with Crippen LogP contribution in [0, 0.1) is 17.8 Å². The van der Waals surface area contributed by atoms with Gasteiger partial charge in [0.2, 0.25) is 0 Å². The monoisotopic (exact) mass is 594 g/mol. The van der Waals surface area contributed by atoms with Crippen LogP contribution in [0.4, 0.5) is 5.69 Å². The Labute approximate surface area is 261 Å². The summed E-state index contributed by atoms with van der Waals surface area (Å²) >= 11 is 0. The van der Waals surface area contributed by atoms with Gasteiger partial charge in [-0.3, -0.25) is 9.59 Å². The van der Waals surface area contributed by atoms with Crippen molar-refractivity contribution >= 4 is 17.3 Å². The number of unbranched alkanes of at least 4 members (excludes halogenated alkanes) is 1. The average molecular weight is 595 g/mol. The molecule has 0 radical (unpaired) electrons. The Morgan fingerprint density at radius 3 is 1.98 bits per heavy atom. The van der Waals surface area contributed by atoms with E-state index in [4.69, 9.17) is 9.47 Å². The minimum atomic E-state index is -0.434. The summed E-state index contributed by atoms with van der Waals surface area (Å²) in [6.07, 6.45) is 21.0. The number of ether oxygens (including phenoxy) is 2. The van der Waals surface area contributed by atoms with Crippen LogP contribution in [0.1, 0.15) is 119 Å². The van der Waals surface area contributed by atoms with Crippen molar-refractivity contribution in [2.45, 2.75) is 110 Å². The third-order valence-electron chi connectivity index (χ3n) is 9.70. The Bertz CT molecular complexity index is 1050. The highest BCUT2D eigenvalue weighted by atomic mass is 16.5. The fourth-order valence-electron chi connectivity index (χ4n) is 6.54. The highest BCUT2D eigenvalue weighted by Gasteiger charge is 2.35. The van der Waals surface area contributed by atoms with Gasteiger partial charge in [-0.1, -0.05) is 64.0 Å². The van der Waals surface area contributed by atoms with E-state index >= 15 is 0 Å². The molecule has 3 aliphatic carbocycles. The van der Waals surface area contributed by atoms with Gasteiger partial charge >= 0.3 is 0 Å². The molecule has 0 heterocycles. The van der Waals surface area contributed by atoms with Gasteiger partial charge in [-0.2, -0.15) is 0 Å². The fraction of sp³-hybridized carbons (Fsp3) is 0.676. The molecule has 43 heavy (non-hydrogen) atoms. The van der Waals surface area contributed by atoms with Crippen LogP contribution in [0.15, 0.2) is 42.0 Å². The van der Waals surface area contributed by atoms with Crippen LogP contribution >= 0.6 is 0 Å². The zero-order valence-electron chi connectivity index (χ0n) is 27.6. The van der Waals surface area contributed by atoms with Crippen molar-refractivity contribution in [2.75, 3.05) is 39.2 Å². The first-order chi connectivity index (χ1) is 20.9. The molecule has 6 nitrogen and oxygen atoms in total. The summed E-state index contributed by atoms with van der Waals surface area (Å²) in [6, 6.07) is 5.61. The summed E-state index contributed by atoms with van der Waals surface area (Å²) in [7, 11) is 3.62. The van der Waals surface area contributed by atoms with E-state index in [1.54, 1.807) is 13.2 Å². The first kappa shape index (κ1) is 35.2. The number of anilines is 1. The molecule has 2 N–H and O–H groups in total. The van der Waals surface area contributed by atoms with Crippen molar-refractivity contribution in [1.82, 2.24) is 5.32 Å². The zero-order chi connectivity index (χ0) is 31.0. The smallest absolute Gasteiger partial charge is 0.192 e. The summed E-state index contributed by atoms with van der Waals surface area (Å²) in [5.41, 5.74) is 2.43. The summed E-state index contributed by atoms with van der Waals surface area (Å²) in [5.74, 6) is 1.02. The lowest BCUT2D eigenvalue weighted by Gasteiger charge is -2.28. The van der Waals surface area contributed by atoms with Crippen LogP contribution in [0.3, 0.4) is 0 Å². The van der Waals surface area contributed by atoms with E-state index in [1.807, 2.05) is 44.4 Å². The molecule has 0 bridgehead atoms. The number of Topliss-reactive ketones (excluding diaryl/α,β-unsaturated/α-hetero) is 2. The maximum Gasteiger partial charge on any atom is 0.192 e. The van der Waals surface area contributed by atoms with Crippen molar-refractivity contribution in [1.29, 1.82) is 0 Å². The summed E-state index contributed by atoms with van der Waals surface area (Å²) in [4.78, 5) is 26.8. The Morgan fingerprint density at radius 1 is 0.837 bits per heavy atom. The minimum absolute atomic E-state index is 0.0205. The summed E-state index contributed by atoms with van der Waals surface area (Å²) < 4.78 is 11.0. The number of carbonyl (C=O) groups excluding carboxylic acids is 2. The number of fused-ring (bicyclic) bond motifs is 1. The van der Waals surface area contributed by atoms with Crippen LogP contribution in [-0.2, 0) is 9.47 Å². The van der Waals surface area contributed by atoms with E-state index in [1.165, 1.54) is 57.8 Å².